The molecule has 3 aromatic rings. The first-order chi connectivity index (χ1) is 15.7. The second-order valence-corrected chi connectivity index (χ2v) is 8.55. The minimum absolute atomic E-state index is 0.170. The lowest BCUT2D eigenvalue weighted by Crippen LogP contribution is -2.34. The molecule has 0 fully saturated rings. The highest BCUT2D eigenvalue weighted by Crippen LogP contribution is 2.26. The molecule has 4 heterocycles. The lowest BCUT2D eigenvalue weighted by Gasteiger charge is -2.25. The van der Waals surface area contributed by atoms with Crippen LogP contribution in [0.3, 0.4) is 0 Å². The van der Waals surface area contributed by atoms with Crippen molar-refractivity contribution < 1.29 is 14.3 Å². The third kappa shape index (κ3) is 3.69. The summed E-state index contributed by atoms with van der Waals surface area (Å²) in [6.07, 6.45) is 6.89. The fourth-order valence-corrected chi connectivity index (χ4v) is 4.66. The van der Waals surface area contributed by atoms with Crippen LogP contribution in [0, 0.1) is 0 Å². The first-order valence-electron chi connectivity index (χ1n) is 10.9. The first-order valence-corrected chi connectivity index (χ1v) is 10.9. The Morgan fingerprint density at radius 3 is 2.84 bits per heavy atom. The summed E-state index contributed by atoms with van der Waals surface area (Å²) in [6, 6.07) is 8.80. The van der Waals surface area contributed by atoms with E-state index in [9.17, 15) is 4.79 Å². The van der Waals surface area contributed by atoms with Crippen molar-refractivity contribution in [3.05, 3.63) is 71.1 Å². The van der Waals surface area contributed by atoms with E-state index in [1.54, 1.807) is 11.1 Å². The monoisotopic (exact) mass is 432 g/mol. The summed E-state index contributed by atoms with van der Waals surface area (Å²) in [5.41, 5.74) is 4.59. The summed E-state index contributed by atoms with van der Waals surface area (Å²) >= 11 is 0. The van der Waals surface area contributed by atoms with Gasteiger partial charge in [-0.2, -0.15) is 0 Å². The molecule has 0 saturated heterocycles. The first kappa shape index (κ1) is 19.2. The maximum Gasteiger partial charge on any atom is 0.410 e. The van der Waals surface area contributed by atoms with Crippen LogP contribution in [0.5, 0.6) is 0 Å². The number of hydrogen-bond acceptors (Lipinski definition) is 7. The molecule has 1 atom stereocenters. The van der Waals surface area contributed by atoms with Gasteiger partial charge in [0, 0.05) is 30.2 Å². The Kier molecular flexibility index (Phi) is 4.75. The zero-order chi connectivity index (χ0) is 21.5. The average molecular weight is 432 g/mol. The number of benzene rings is 1. The molecule has 1 amide bonds. The quantitative estimate of drug-likeness (QED) is 0.676. The number of imidazole rings is 1. The highest BCUT2D eigenvalue weighted by atomic mass is 16.6. The highest BCUT2D eigenvalue weighted by molar-refractivity contribution is 5.68. The van der Waals surface area contributed by atoms with E-state index in [-0.39, 0.29) is 18.8 Å². The minimum Gasteiger partial charge on any atom is -0.447 e. The molecule has 32 heavy (non-hydrogen) atoms. The van der Waals surface area contributed by atoms with Gasteiger partial charge in [0.2, 0.25) is 5.95 Å². The van der Waals surface area contributed by atoms with E-state index in [0.29, 0.717) is 38.2 Å². The maximum atomic E-state index is 12.6. The maximum absolute atomic E-state index is 12.6. The third-order valence-corrected chi connectivity index (χ3v) is 6.34. The summed E-state index contributed by atoms with van der Waals surface area (Å²) < 4.78 is 13.3. The van der Waals surface area contributed by atoms with Crippen molar-refractivity contribution in [1.29, 1.82) is 0 Å². The van der Waals surface area contributed by atoms with Crippen LogP contribution in [0.4, 0.5) is 10.7 Å². The van der Waals surface area contributed by atoms with E-state index in [2.05, 4.69) is 44.5 Å². The minimum atomic E-state index is -0.358. The number of carbonyl (C=O) groups is 1. The Balaban J connectivity index is 1.03. The number of hydrogen-bond donors (Lipinski definition) is 1. The van der Waals surface area contributed by atoms with Crippen molar-refractivity contribution in [2.24, 2.45) is 0 Å². The Morgan fingerprint density at radius 2 is 2.00 bits per heavy atom. The van der Waals surface area contributed by atoms with Crippen molar-refractivity contribution in [3.63, 3.8) is 0 Å². The Hall–Kier alpha value is -3.46. The fourth-order valence-electron chi connectivity index (χ4n) is 4.66. The van der Waals surface area contributed by atoms with Gasteiger partial charge in [0.25, 0.3) is 0 Å². The van der Waals surface area contributed by atoms with Crippen LogP contribution in [0.1, 0.15) is 28.2 Å². The van der Waals surface area contributed by atoms with E-state index in [1.165, 1.54) is 11.1 Å². The molecule has 0 radical (unpaired) electrons. The molecule has 0 spiro atoms. The van der Waals surface area contributed by atoms with Crippen LogP contribution >= 0.6 is 0 Å². The van der Waals surface area contributed by atoms with E-state index in [4.69, 9.17) is 9.47 Å². The van der Waals surface area contributed by atoms with Gasteiger partial charge in [0.05, 0.1) is 25.3 Å². The number of nitrogens with one attached hydrogen (secondary N) is 1. The number of fused-ring (bicyclic) bond motifs is 3. The second-order valence-electron chi connectivity index (χ2n) is 8.55. The molecule has 3 aliphatic rings. The van der Waals surface area contributed by atoms with Crippen LogP contribution in [0.15, 0.2) is 42.9 Å². The molecule has 9 nitrogen and oxygen atoms in total. The molecule has 0 bridgehead atoms. The summed E-state index contributed by atoms with van der Waals surface area (Å²) in [5.74, 6) is 1.51. The lowest BCUT2D eigenvalue weighted by molar-refractivity contribution is -0.0386. The predicted octanol–water partition coefficient (Wildman–Crippen LogP) is 2.30. The van der Waals surface area contributed by atoms with Crippen molar-refractivity contribution in [2.75, 3.05) is 11.9 Å². The molecular weight excluding hydrogens is 408 g/mol. The standard InChI is InChI=1S/C23H24N6O3/c30-23(32-13-19-11-28-6-5-24-21(28)14-31-19)29-10-17-9-25-22(27-20(17)12-29)26-18-7-15-3-1-2-4-16(15)8-18/h1-6,9,18-19H,7-8,10-14H2,(H,25,26,27). The molecule has 2 aromatic heterocycles. The van der Waals surface area contributed by atoms with Gasteiger partial charge < -0.3 is 19.4 Å². The van der Waals surface area contributed by atoms with Gasteiger partial charge in [-0.05, 0) is 24.0 Å². The van der Waals surface area contributed by atoms with Gasteiger partial charge in [-0.25, -0.2) is 19.7 Å². The number of carbonyl (C=O) groups excluding carboxylic acids is 1. The zero-order valence-corrected chi connectivity index (χ0v) is 17.6. The molecule has 1 aliphatic carbocycles. The van der Waals surface area contributed by atoms with Gasteiger partial charge in [-0.3, -0.25) is 4.90 Å². The fraction of sp³-hybridized carbons (Fsp3) is 0.391. The van der Waals surface area contributed by atoms with E-state index in [1.807, 2.05) is 17.0 Å². The number of anilines is 1. The summed E-state index contributed by atoms with van der Waals surface area (Å²) in [6.45, 7) is 2.16. The number of amides is 1. The van der Waals surface area contributed by atoms with Gasteiger partial charge in [0.1, 0.15) is 25.1 Å². The van der Waals surface area contributed by atoms with Crippen molar-refractivity contribution in [3.8, 4) is 0 Å². The molecule has 2 aliphatic heterocycles. The summed E-state index contributed by atoms with van der Waals surface area (Å²) in [4.78, 5) is 27.6. The molecule has 1 unspecified atom stereocenters. The average Bonchev–Trinajstić information content (AvgIpc) is 3.53. The highest BCUT2D eigenvalue weighted by Gasteiger charge is 2.29. The number of aromatic nitrogens is 4. The number of nitrogens with zero attached hydrogens (tertiary/aromatic N) is 5. The van der Waals surface area contributed by atoms with Crippen molar-refractivity contribution in [1.82, 2.24) is 24.4 Å². The molecule has 1 N–H and O–H groups in total. The van der Waals surface area contributed by atoms with Crippen LogP contribution in [0.2, 0.25) is 0 Å². The molecule has 1 aromatic carbocycles. The van der Waals surface area contributed by atoms with E-state index < -0.39 is 0 Å². The zero-order valence-electron chi connectivity index (χ0n) is 17.6. The Bertz CT molecular complexity index is 1140. The SMILES string of the molecule is O=C(OCC1Cn2ccnc2CO1)N1Cc2cnc(NC3Cc4ccccc4C3)nc2C1. The van der Waals surface area contributed by atoms with Crippen LogP contribution in [-0.4, -0.2) is 49.3 Å². The van der Waals surface area contributed by atoms with E-state index >= 15 is 0 Å². The van der Waals surface area contributed by atoms with Crippen molar-refractivity contribution >= 4 is 12.0 Å². The molecular formula is C23H24N6O3. The lowest BCUT2D eigenvalue weighted by atomic mass is 10.1. The van der Waals surface area contributed by atoms with Gasteiger partial charge in [0.15, 0.2) is 0 Å². The van der Waals surface area contributed by atoms with Gasteiger partial charge >= 0.3 is 6.09 Å². The second kappa shape index (κ2) is 7.90. The smallest absolute Gasteiger partial charge is 0.410 e. The Labute approximate surface area is 185 Å². The largest absolute Gasteiger partial charge is 0.447 e. The topological polar surface area (TPSA) is 94.4 Å². The normalized spacial score (nSPS) is 19.4. The van der Waals surface area contributed by atoms with Crippen LogP contribution in [0.25, 0.3) is 0 Å². The summed E-state index contributed by atoms with van der Waals surface area (Å²) in [5, 5.41) is 3.45. The third-order valence-electron chi connectivity index (χ3n) is 6.34. The molecule has 6 rings (SSSR count). The molecule has 9 heteroatoms. The van der Waals surface area contributed by atoms with Gasteiger partial charge in [-0.1, -0.05) is 24.3 Å². The molecule has 164 valence electrons. The Morgan fingerprint density at radius 1 is 1.16 bits per heavy atom. The van der Waals surface area contributed by atoms with Crippen LogP contribution < -0.4 is 5.32 Å². The predicted molar refractivity (Wildman–Crippen MR) is 115 cm³/mol. The number of rotatable bonds is 4. The van der Waals surface area contributed by atoms with E-state index in [0.717, 1.165) is 29.9 Å². The number of ether oxygens (including phenoxy) is 2. The summed E-state index contributed by atoms with van der Waals surface area (Å²) in [7, 11) is 0. The van der Waals surface area contributed by atoms with Gasteiger partial charge in [-0.15, -0.1) is 0 Å². The molecule has 0 saturated carbocycles. The van der Waals surface area contributed by atoms with Crippen LogP contribution in [-0.2, 0) is 48.6 Å². The van der Waals surface area contributed by atoms with Crippen molar-refractivity contribution in [2.45, 2.75) is 51.2 Å².